The Bertz CT molecular complexity index is 472. The van der Waals surface area contributed by atoms with Gasteiger partial charge in [0.05, 0.1) is 0 Å². The summed E-state index contributed by atoms with van der Waals surface area (Å²) in [7, 11) is 0. The van der Waals surface area contributed by atoms with Gasteiger partial charge < -0.3 is 4.74 Å². The van der Waals surface area contributed by atoms with Gasteiger partial charge in [-0.25, -0.2) is 0 Å². The summed E-state index contributed by atoms with van der Waals surface area (Å²) in [4.78, 5) is 14.6. The minimum Gasteiger partial charge on any atom is -0.492 e. The average Bonchev–Trinajstić information content (AvgIpc) is 2.78. The predicted octanol–water partition coefficient (Wildman–Crippen LogP) is 3.03. The van der Waals surface area contributed by atoms with Crippen LogP contribution in [-0.2, 0) is 11.3 Å². The molecule has 0 aromatic heterocycles. The molecule has 1 unspecified atom stereocenters. The second-order valence-corrected chi connectivity index (χ2v) is 5.95. The number of carbonyl (C=O) groups is 1. The maximum Gasteiger partial charge on any atom is 0.137 e. The van der Waals surface area contributed by atoms with Crippen LogP contribution in [0.15, 0.2) is 24.3 Å². The highest BCUT2D eigenvalue weighted by atomic mass is 16.5. The van der Waals surface area contributed by atoms with Gasteiger partial charge in [0.1, 0.15) is 18.1 Å². The monoisotopic (exact) mass is 273 g/mol. The second-order valence-electron chi connectivity index (χ2n) is 5.95. The fourth-order valence-electron chi connectivity index (χ4n) is 3.27. The van der Waals surface area contributed by atoms with E-state index in [0.717, 1.165) is 51.3 Å². The molecule has 1 fully saturated rings. The van der Waals surface area contributed by atoms with Gasteiger partial charge in [0, 0.05) is 37.5 Å². The van der Waals surface area contributed by atoms with Gasteiger partial charge in [-0.3, -0.25) is 9.69 Å². The molecule has 2 aliphatic rings. The van der Waals surface area contributed by atoms with Crippen LogP contribution in [0.2, 0.25) is 0 Å². The van der Waals surface area contributed by atoms with Gasteiger partial charge in [-0.2, -0.15) is 0 Å². The lowest BCUT2D eigenvalue weighted by Gasteiger charge is -2.24. The molecular weight excluding hydrogens is 250 g/mol. The fraction of sp³-hybridized carbons (Fsp3) is 0.588. The topological polar surface area (TPSA) is 29.5 Å². The molecule has 3 heteroatoms. The SMILES string of the molecule is O=C1CCCCCC1CN1CCOc2ccccc2C1. The van der Waals surface area contributed by atoms with E-state index in [1.807, 2.05) is 12.1 Å². The largest absolute Gasteiger partial charge is 0.492 e. The molecular formula is C17H23NO2. The number of ketones is 1. The van der Waals surface area contributed by atoms with Crippen LogP contribution in [0.25, 0.3) is 0 Å². The lowest BCUT2D eigenvalue weighted by Crippen LogP contribution is -2.34. The van der Waals surface area contributed by atoms with Crippen LogP contribution in [0.3, 0.4) is 0 Å². The molecule has 1 heterocycles. The van der Waals surface area contributed by atoms with Crippen LogP contribution in [0.5, 0.6) is 5.75 Å². The van der Waals surface area contributed by atoms with Crippen LogP contribution >= 0.6 is 0 Å². The van der Waals surface area contributed by atoms with Gasteiger partial charge in [-0.15, -0.1) is 0 Å². The van der Waals surface area contributed by atoms with Gasteiger partial charge >= 0.3 is 0 Å². The molecule has 1 saturated carbocycles. The summed E-state index contributed by atoms with van der Waals surface area (Å²) in [6, 6.07) is 8.24. The minimum absolute atomic E-state index is 0.239. The van der Waals surface area contributed by atoms with Crippen molar-refractivity contribution in [2.45, 2.75) is 38.6 Å². The summed E-state index contributed by atoms with van der Waals surface area (Å²) in [5.74, 6) is 1.71. The Morgan fingerprint density at radius 2 is 2.10 bits per heavy atom. The fourth-order valence-corrected chi connectivity index (χ4v) is 3.27. The van der Waals surface area contributed by atoms with Crippen molar-refractivity contribution in [1.29, 1.82) is 0 Å². The molecule has 1 aliphatic carbocycles. The molecule has 0 N–H and O–H groups in total. The molecule has 1 atom stereocenters. The number of ether oxygens (including phenoxy) is 1. The third-order valence-corrected chi connectivity index (χ3v) is 4.44. The average molecular weight is 273 g/mol. The summed E-state index contributed by atoms with van der Waals surface area (Å²) >= 11 is 0. The van der Waals surface area contributed by atoms with E-state index in [4.69, 9.17) is 4.74 Å². The molecule has 0 bridgehead atoms. The molecule has 108 valence electrons. The van der Waals surface area contributed by atoms with Crippen LogP contribution in [-0.4, -0.2) is 30.4 Å². The summed E-state index contributed by atoms with van der Waals surface area (Å²) in [5, 5.41) is 0. The summed E-state index contributed by atoms with van der Waals surface area (Å²) in [6.45, 7) is 3.44. The molecule has 0 spiro atoms. The Kier molecular flexibility index (Phi) is 4.36. The first-order valence-electron chi connectivity index (χ1n) is 7.79. The van der Waals surface area contributed by atoms with Crippen molar-refractivity contribution in [3.05, 3.63) is 29.8 Å². The zero-order valence-electron chi connectivity index (χ0n) is 12.0. The smallest absolute Gasteiger partial charge is 0.137 e. The van der Waals surface area contributed by atoms with Crippen LogP contribution in [0, 0.1) is 5.92 Å². The number of para-hydroxylation sites is 1. The molecule has 1 aromatic rings. The number of rotatable bonds is 2. The lowest BCUT2D eigenvalue weighted by atomic mass is 9.98. The van der Waals surface area contributed by atoms with Crippen LogP contribution < -0.4 is 4.74 Å². The highest BCUT2D eigenvalue weighted by Gasteiger charge is 2.24. The van der Waals surface area contributed by atoms with E-state index in [1.165, 1.54) is 18.4 Å². The van der Waals surface area contributed by atoms with Crippen molar-refractivity contribution >= 4 is 5.78 Å². The van der Waals surface area contributed by atoms with Gasteiger partial charge in [0.2, 0.25) is 0 Å². The van der Waals surface area contributed by atoms with Crippen molar-refractivity contribution in [2.75, 3.05) is 19.7 Å². The highest BCUT2D eigenvalue weighted by Crippen LogP contribution is 2.25. The first-order valence-corrected chi connectivity index (χ1v) is 7.79. The molecule has 1 aliphatic heterocycles. The zero-order chi connectivity index (χ0) is 13.8. The predicted molar refractivity (Wildman–Crippen MR) is 78.8 cm³/mol. The summed E-state index contributed by atoms with van der Waals surface area (Å²) in [5.41, 5.74) is 1.24. The van der Waals surface area contributed by atoms with Crippen molar-refractivity contribution in [2.24, 2.45) is 5.92 Å². The third kappa shape index (κ3) is 3.21. The van der Waals surface area contributed by atoms with Gasteiger partial charge in [-0.05, 0) is 18.9 Å². The van der Waals surface area contributed by atoms with E-state index in [9.17, 15) is 4.79 Å². The quantitative estimate of drug-likeness (QED) is 0.776. The number of fused-ring (bicyclic) bond motifs is 1. The van der Waals surface area contributed by atoms with E-state index in [2.05, 4.69) is 17.0 Å². The molecule has 20 heavy (non-hydrogen) atoms. The van der Waals surface area contributed by atoms with Crippen molar-refractivity contribution in [1.82, 2.24) is 4.90 Å². The summed E-state index contributed by atoms with van der Waals surface area (Å²) in [6.07, 6.45) is 5.36. The molecule has 0 saturated heterocycles. The molecule has 3 nitrogen and oxygen atoms in total. The third-order valence-electron chi connectivity index (χ3n) is 4.44. The molecule has 3 rings (SSSR count). The maximum atomic E-state index is 12.2. The Labute approximate surface area is 120 Å². The second kappa shape index (κ2) is 6.40. The maximum absolute atomic E-state index is 12.2. The zero-order valence-corrected chi connectivity index (χ0v) is 12.0. The van der Waals surface area contributed by atoms with E-state index < -0.39 is 0 Å². The Morgan fingerprint density at radius 3 is 3.05 bits per heavy atom. The summed E-state index contributed by atoms with van der Waals surface area (Å²) < 4.78 is 5.79. The van der Waals surface area contributed by atoms with E-state index in [-0.39, 0.29) is 5.92 Å². The Hall–Kier alpha value is -1.35. The molecule has 0 radical (unpaired) electrons. The van der Waals surface area contributed by atoms with Crippen molar-refractivity contribution < 1.29 is 9.53 Å². The van der Waals surface area contributed by atoms with Gasteiger partial charge in [0.25, 0.3) is 0 Å². The molecule has 1 aromatic carbocycles. The number of carbonyl (C=O) groups excluding carboxylic acids is 1. The van der Waals surface area contributed by atoms with Gasteiger partial charge in [-0.1, -0.05) is 31.0 Å². The molecule has 0 amide bonds. The van der Waals surface area contributed by atoms with Gasteiger partial charge in [0.15, 0.2) is 0 Å². The van der Waals surface area contributed by atoms with Crippen LogP contribution in [0.4, 0.5) is 0 Å². The highest BCUT2D eigenvalue weighted by molar-refractivity contribution is 5.81. The normalized spacial score (nSPS) is 24.4. The Morgan fingerprint density at radius 1 is 1.20 bits per heavy atom. The minimum atomic E-state index is 0.239. The first-order chi connectivity index (χ1) is 9.83. The first kappa shape index (κ1) is 13.6. The Balaban J connectivity index is 1.67. The van der Waals surface area contributed by atoms with E-state index >= 15 is 0 Å². The van der Waals surface area contributed by atoms with Crippen LogP contribution in [0.1, 0.15) is 37.7 Å². The van der Waals surface area contributed by atoms with E-state index in [0.29, 0.717) is 5.78 Å². The lowest BCUT2D eigenvalue weighted by molar-refractivity contribution is -0.123. The number of hydrogen-bond acceptors (Lipinski definition) is 3. The number of benzene rings is 1. The van der Waals surface area contributed by atoms with Crippen molar-refractivity contribution in [3.63, 3.8) is 0 Å². The number of Topliss-reactive ketones (excluding diaryl/α,β-unsaturated/α-hetero) is 1. The van der Waals surface area contributed by atoms with E-state index in [1.54, 1.807) is 0 Å². The van der Waals surface area contributed by atoms with Crippen molar-refractivity contribution in [3.8, 4) is 5.75 Å². The number of hydrogen-bond donors (Lipinski definition) is 0. The standard InChI is InChI=1S/C17H23NO2/c19-16-8-3-1-2-6-14(16)12-18-10-11-20-17-9-5-4-7-15(17)13-18/h4-5,7,9,14H,1-3,6,8,10-13H2. The number of nitrogens with zero attached hydrogens (tertiary/aromatic N) is 1.